The fourth-order valence-electron chi connectivity index (χ4n) is 2.18. The van der Waals surface area contributed by atoms with Crippen LogP contribution in [-0.4, -0.2) is 20.6 Å². The Morgan fingerprint density at radius 1 is 0.958 bits per heavy atom. The molecule has 1 N–H and O–H groups in total. The van der Waals surface area contributed by atoms with Crippen molar-refractivity contribution in [3.05, 3.63) is 60.7 Å². The average Bonchev–Trinajstić information content (AvgIpc) is 2.61. The number of unbranched alkanes of at least 4 members (excludes halogenated alkanes) is 1. The van der Waals surface area contributed by atoms with Gasteiger partial charge in [-0.1, -0.05) is 32.1 Å². The molecule has 0 bridgehead atoms. The van der Waals surface area contributed by atoms with E-state index in [0.717, 1.165) is 41.3 Å². The average molecular weight is 322 g/mol. The summed E-state index contributed by atoms with van der Waals surface area (Å²) in [6.07, 6.45) is 2.33. The largest absolute Gasteiger partial charge is 0.385 e. The molecule has 0 aromatic heterocycles. The minimum atomic E-state index is 0.830. The lowest BCUT2D eigenvalue weighted by Crippen LogP contribution is -2.12. The van der Waals surface area contributed by atoms with E-state index in [0.29, 0.717) is 0 Å². The Labute approximate surface area is 144 Å². The summed E-state index contributed by atoms with van der Waals surface area (Å²) in [6, 6.07) is 15.9. The van der Waals surface area contributed by atoms with E-state index in [4.69, 9.17) is 0 Å². The minimum absolute atomic E-state index is 0.830. The number of hydrogen-bond donors (Lipinski definition) is 1. The smallest absolute Gasteiger partial charge is 0.0858 e. The van der Waals surface area contributed by atoms with Crippen molar-refractivity contribution in [3.63, 3.8) is 0 Å². The summed E-state index contributed by atoms with van der Waals surface area (Å²) in [5.74, 6) is 0. The Hall–Kier alpha value is -2.62. The second-order valence-electron chi connectivity index (χ2n) is 5.92. The van der Waals surface area contributed by atoms with E-state index in [1.54, 1.807) is 0 Å². The van der Waals surface area contributed by atoms with Gasteiger partial charge in [0.05, 0.1) is 11.4 Å². The third-order valence-corrected chi connectivity index (χ3v) is 3.73. The monoisotopic (exact) mass is 322 g/mol. The first-order valence-corrected chi connectivity index (χ1v) is 8.32. The second kappa shape index (κ2) is 8.87. The lowest BCUT2D eigenvalue weighted by Gasteiger charge is -2.11. The Balaban J connectivity index is 1.96. The summed E-state index contributed by atoms with van der Waals surface area (Å²) in [5, 5.41) is 11.9. The van der Waals surface area contributed by atoms with Crippen molar-refractivity contribution in [2.24, 2.45) is 10.2 Å². The molecule has 4 nitrogen and oxygen atoms in total. The van der Waals surface area contributed by atoms with Gasteiger partial charge in [-0.2, -0.15) is 10.2 Å². The Morgan fingerprint density at radius 2 is 1.50 bits per heavy atom. The van der Waals surface area contributed by atoms with Gasteiger partial charge >= 0.3 is 0 Å². The van der Waals surface area contributed by atoms with Crippen LogP contribution in [0.1, 0.15) is 25.3 Å². The van der Waals surface area contributed by atoms with Gasteiger partial charge < -0.3 is 10.2 Å². The highest BCUT2D eigenvalue weighted by Gasteiger charge is 1.99. The predicted octanol–water partition coefficient (Wildman–Crippen LogP) is 5.53. The first kappa shape index (κ1) is 17.7. The molecule has 0 atom stereocenters. The van der Waals surface area contributed by atoms with Crippen LogP contribution in [0, 0.1) is 0 Å². The molecule has 0 aliphatic heterocycles. The topological polar surface area (TPSA) is 40.0 Å². The van der Waals surface area contributed by atoms with Crippen LogP contribution in [0.25, 0.3) is 5.70 Å². The lowest BCUT2D eigenvalue weighted by molar-refractivity contribution is 0.745. The summed E-state index contributed by atoms with van der Waals surface area (Å²) in [5.41, 5.74) is 4.85. The fraction of sp³-hybridized carbons (Fsp3) is 0.300. The maximum absolute atomic E-state index is 4.29. The molecule has 24 heavy (non-hydrogen) atoms. The SMILES string of the molecule is C=C(NCCCC)c1ccc(N=Nc2ccc(N(C)C)cc2)cc1. The van der Waals surface area contributed by atoms with Crippen molar-refractivity contribution < 1.29 is 0 Å². The van der Waals surface area contributed by atoms with Gasteiger partial charge in [0.15, 0.2) is 0 Å². The van der Waals surface area contributed by atoms with Crippen molar-refractivity contribution in [2.75, 3.05) is 25.5 Å². The molecule has 0 amide bonds. The van der Waals surface area contributed by atoms with Crippen LogP contribution in [-0.2, 0) is 0 Å². The Bertz CT molecular complexity index is 670. The van der Waals surface area contributed by atoms with Gasteiger partial charge in [-0.15, -0.1) is 0 Å². The second-order valence-corrected chi connectivity index (χ2v) is 5.92. The van der Waals surface area contributed by atoms with Crippen LogP contribution in [0.5, 0.6) is 0 Å². The summed E-state index contributed by atoms with van der Waals surface area (Å²) in [4.78, 5) is 2.06. The number of azo groups is 1. The quantitative estimate of drug-likeness (QED) is 0.513. The van der Waals surface area contributed by atoms with Gasteiger partial charge in [-0.25, -0.2) is 0 Å². The molecule has 0 radical (unpaired) electrons. The first-order chi connectivity index (χ1) is 11.6. The highest BCUT2D eigenvalue weighted by atomic mass is 15.1. The zero-order chi connectivity index (χ0) is 17.4. The molecule has 126 valence electrons. The maximum atomic E-state index is 4.29. The van der Waals surface area contributed by atoms with E-state index in [-0.39, 0.29) is 0 Å². The van der Waals surface area contributed by atoms with Crippen LogP contribution in [0.3, 0.4) is 0 Å². The number of nitrogens with one attached hydrogen (secondary N) is 1. The van der Waals surface area contributed by atoms with E-state index >= 15 is 0 Å². The van der Waals surface area contributed by atoms with Gasteiger partial charge in [-0.05, 0) is 48.4 Å². The van der Waals surface area contributed by atoms with Crippen LogP contribution in [0.4, 0.5) is 17.1 Å². The number of benzene rings is 2. The molecule has 0 aliphatic carbocycles. The zero-order valence-electron chi connectivity index (χ0n) is 14.8. The van der Waals surface area contributed by atoms with Crippen molar-refractivity contribution in [3.8, 4) is 0 Å². The molecular weight excluding hydrogens is 296 g/mol. The molecule has 0 spiro atoms. The normalized spacial score (nSPS) is 10.8. The lowest BCUT2D eigenvalue weighted by atomic mass is 10.1. The molecular formula is C20H26N4. The van der Waals surface area contributed by atoms with Crippen molar-refractivity contribution >= 4 is 22.8 Å². The standard InChI is InChI=1S/C20H26N4/c1-5-6-15-21-16(2)17-7-9-18(10-8-17)22-23-19-11-13-20(14-12-19)24(3)4/h7-14,21H,2,5-6,15H2,1,3-4H3. The molecule has 0 saturated carbocycles. The summed E-state index contributed by atoms with van der Waals surface area (Å²) >= 11 is 0. The number of hydrogen-bond acceptors (Lipinski definition) is 4. The van der Waals surface area contributed by atoms with E-state index in [2.05, 4.69) is 33.9 Å². The van der Waals surface area contributed by atoms with E-state index in [1.807, 2.05) is 62.6 Å². The van der Waals surface area contributed by atoms with Gasteiger partial charge in [0.1, 0.15) is 0 Å². The van der Waals surface area contributed by atoms with Gasteiger partial charge in [0.25, 0.3) is 0 Å². The van der Waals surface area contributed by atoms with Crippen molar-refractivity contribution in [1.82, 2.24) is 5.32 Å². The van der Waals surface area contributed by atoms with Crippen LogP contribution >= 0.6 is 0 Å². The van der Waals surface area contributed by atoms with E-state index in [9.17, 15) is 0 Å². The molecule has 0 heterocycles. The third kappa shape index (κ3) is 5.23. The third-order valence-electron chi connectivity index (χ3n) is 3.73. The van der Waals surface area contributed by atoms with Crippen LogP contribution < -0.4 is 10.2 Å². The van der Waals surface area contributed by atoms with Crippen molar-refractivity contribution in [1.29, 1.82) is 0 Å². The fourth-order valence-corrected chi connectivity index (χ4v) is 2.18. The van der Waals surface area contributed by atoms with E-state index < -0.39 is 0 Å². The molecule has 2 aromatic carbocycles. The molecule has 0 aliphatic rings. The Morgan fingerprint density at radius 3 is 2.00 bits per heavy atom. The molecule has 0 saturated heterocycles. The number of nitrogens with zero attached hydrogens (tertiary/aromatic N) is 3. The van der Waals surface area contributed by atoms with Gasteiger partial charge in [0.2, 0.25) is 0 Å². The molecule has 4 heteroatoms. The summed E-state index contributed by atoms with van der Waals surface area (Å²) in [7, 11) is 4.03. The number of anilines is 1. The highest BCUT2D eigenvalue weighted by molar-refractivity contribution is 5.63. The summed E-state index contributed by atoms with van der Waals surface area (Å²) in [6.45, 7) is 7.21. The molecule has 0 unspecified atom stereocenters. The van der Waals surface area contributed by atoms with Gasteiger partial charge in [-0.3, -0.25) is 0 Å². The maximum Gasteiger partial charge on any atom is 0.0858 e. The predicted molar refractivity (Wildman–Crippen MR) is 103 cm³/mol. The minimum Gasteiger partial charge on any atom is -0.385 e. The van der Waals surface area contributed by atoms with Crippen molar-refractivity contribution in [2.45, 2.75) is 19.8 Å². The van der Waals surface area contributed by atoms with Crippen LogP contribution in [0.2, 0.25) is 0 Å². The molecule has 2 rings (SSSR count). The molecule has 0 fully saturated rings. The van der Waals surface area contributed by atoms with E-state index in [1.165, 1.54) is 6.42 Å². The zero-order valence-corrected chi connectivity index (χ0v) is 14.8. The highest BCUT2D eigenvalue weighted by Crippen LogP contribution is 2.22. The summed E-state index contributed by atoms with van der Waals surface area (Å²) < 4.78 is 0. The Kier molecular flexibility index (Phi) is 6.55. The van der Waals surface area contributed by atoms with Gasteiger partial charge in [0, 0.05) is 32.0 Å². The molecule has 2 aromatic rings. The first-order valence-electron chi connectivity index (χ1n) is 8.32. The number of rotatable bonds is 8. The van der Waals surface area contributed by atoms with Crippen LogP contribution in [0.15, 0.2) is 65.3 Å².